The molecule has 0 aliphatic heterocycles. The minimum absolute atomic E-state index is 0.841. The van der Waals surface area contributed by atoms with Gasteiger partial charge in [-0.2, -0.15) is 0 Å². The van der Waals surface area contributed by atoms with Crippen molar-refractivity contribution in [3.8, 4) is 5.69 Å². The molecule has 4 nitrogen and oxygen atoms in total. The fraction of sp³-hybridized carbons (Fsp3) is 0.0476. The third kappa shape index (κ3) is 7.78. The van der Waals surface area contributed by atoms with E-state index in [1.54, 1.807) is 0 Å². The summed E-state index contributed by atoms with van der Waals surface area (Å²) in [7, 11) is 0. The van der Waals surface area contributed by atoms with E-state index in [9.17, 15) is 0 Å². The zero-order valence-corrected chi connectivity index (χ0v) is 37.2. The van der Waals surface area contributed by atoms with Gasteiger partial charge in [0, 0.05) is 45.3 Å². The zero-order valence-electron chi connectivity index (χ0n) is 27.5. The van der Waals surface area contributed by atoms with Gasteiger partial charge >= 0.3 is 0 Å². The highest BCUT2D eigenvalue weighted by molar-refractivity contribution is 14.1. The van der Waals surface area contributed by atoms with Gasteiger partial charge < -0.3 is 13.8 Å². The number of halogens is 5. The number of para-hydroxylation sites is 3. The van der Waals surface area contributed by atoms with Crippen LogP contribution in [-0.4, -0.2) is 19.4 Å². The fourth-order valence-electron chi connectivity index (χ4n) is 6.12. The molecule has 0 saturated heterocycles. The Bertz CT molecular complexity index is 2680. The highest BCUT2D eigenvalue weighted by atomic mass is 127. The van der Waals surface area contributed by atoms with E-state index < -0.39 is 0 Å². The summed E-state index contributed by atoms with van der Waals surface area (Å²) in [4.78, 5) is 7.25. The number of hydrogen-bond acceptors (Lipinski definition) is 2. The van der Waals surface area contributed by atoms with Crippen LogP contribution in [0.1, 0.15) is 0 Å². The molecule has 0 atom stereocenters. The lowest BCUT2D eigenvalue weighted by Gasteiger charge is -2.05. The van der Waals surface area contributed by atoms with Gasteiger partial charge in [0.25, 0.3) is 0 Å². The van der Waals surface area contributed by atoms with Gasteiger partial charge in [-0.05, 0) is 93.1 Å². The number of aromatic amines is 1. The number of hydrogen-bond donors (Lipinski definition) is 1. The van der Waals surface area contributed by atoms with Crippen LogP contribution in [0.2, 0.25) is 0 Å². The molecule has 1 N–H and O–H groups in total. The molecule has 10 aromatic rings. The summed E-state index contributed by atoms with van der Waals surface area (Å²) < 4.78 is 17.7. The first kappa shape index (κ1) is 37.9. The summed E-state index contributed by atoms with van der Waals surface area (Å²) in [6.07, 6.45) is 0. The monoisotopic (exact) mass is 1130 g/mol. The number of furan rings is 2. The Morgan fingerprint density at radius 3 is 1.67 bits per heavy atom. The van der Waals surface area contributed by atoms with Crippen LogP contribution in [0.25, 0.3) is 71.6 Å². The molecule has 0 unspecified atom stereocenters. The highest BCUT2D eigenvalue weighted by Crippen LogP contribution is 2.42. The Hall–Kier alpha value is -2.85. The van der Waals surface area contributed by atoms with Gasteiger partial charge in [-0.3, -0.25) is 4.57 Å². The number of H-pyrrole nitrogens is 1. The molecular formula is C42H31Br2I3N2O2. The lowest BCUT2D eigenvalue weighted by molar-refractivity contribution is 0.645. The van der Waals surface area contributed by atoms with Crippen LogP contribution in [0.3, 0.4) is 0 Å². The molecule has 0 amide bonds. The van der Waals surface area contributed by atoms with Crippen molar-refractivity contribution < 1.29 is 8.83 Å². The van der Waals surface area contributed by atoms with Crippen LogP contribution in [0.4, 0.5) is 0 Å². The summed E-state index contributed by atoms with van der Waals surface area (Å²) in [6.45, 7) is 0. The first-order chi connectivity index (χ1) is 25.1. The minimum Gasteiger partial charge on any atom is -0.440 e. The Kier molecular flexibility index (Phi) is 13.2. The summed E-state index contributed by atoms with van der Waals surface area (Å²) in [5, 5.41) is 6.99. The molecular weight excluding hydrogens is 1100 g/mol. The largest absolute Gasteiger partial charge is 0.440 e. The topological polar surface area (TPSA) is 47.0 Å². The maximum Gasteiger partial charge on any atom is 0.213 e. The van der Waals surface area contributed by atoms with E-state index in [0.29, 0.717) is 0 Å². The predicted octanol–water partition coefficient (Wildman–Crippen LogP) is 15.5. The highest BCUT2D eigenvalue weighted by Gasteiger charge is 2.20. The standard InChI is InChI=1S/C20H12BrNO.C14H8BrNO.C6H5I.2CH3I/c21-15-10-6-12-17-19(15)18-14-9-4-5-11-16(14)22(20(18)23-17)13-7-2-1-3-8-13;15-9-5-3-7-11-13(9)12-8-4-1-2-6-10(8)16-14(12)17-11;7-6-4-2-1-3-5-6;2*1-2/h1-12H;1-7,16H;1-5H;2*1H3. The van der Waals surface area contributed by atoms with Gasteiger partial charge in [0.05, 0.1) is 16.3 Å². The van der Waals surface area contributed by atoms with Crippen molar-refractivity contribution in [2.24, 2.45) is 0 Å². The van der Waals surface area contributed by atoms with E-state index in [1.165, 1.54) is 14.3 Å². The molecule has 51 heavy (non-hydrogen) atoms. The number of nitrogens with one attached hydrogen (secondary N) is 1. The molecule has 0 bridgehead atoms. The number of fused-ring (bicyclic) bond motifs is 10. The molecule has 0 aliphatic rings. The van der Waals surface area contributed by atoms with Crippen LogP contribution in [0, 0.1) is 3.57 Å². The number of benzene rings is 6. The second-order valence-corrected chi connectivity index (χ2v) is 13.9. The van der Waals surface area contributed by atoms with Gasteiger partial charge in [-0.15, -0.1) is 0 Å². The van der Waals surface area contributed by atoms with E-state index >= 15 is 0 Å². The van der Waals surface area contributed by atoms with Crippen molar-refractivity contribution in [2.45, 2.75) is 0 Å². The third-order valence-electron chi connectivity index (χ3n) is 8.12. The molecule has 4 aromatic heterocycles. The van der Waals surface area contributed by atoms with Crippen molar-refractivity contribution in [2.75, 3.05) is 9.86 Å². The van der Waals surface area contributed by atoms with Crippen LogP contribution < -0.4 is 0 Å². The normalized spacial score (nSPS) is 10.6. The first-order valence-corrected chi connectivity index (χ1v) is 22.8. The van der Waals surface area contributed by atoms with Crippen LogP contribution >= 0.6 is 99.6 Å². The molecule has 0 aliphatic carbocycles. The van der Waals surface area contributed by atoms with E-state index in [1.807, 2.05) is 76.6 Å². The third-order valence-corrected chi connectivity index (χ3v) is 10.2. The van der Waals surface area contributed by atoms with Crippen molar-refractivity contribution in [3.05, 3.63) is 158 Å². The Balaban J connectivity index is 0.000000140. The van der Waals surface area contributed by atoms with Crippen molar-refractivity contribution in [1.82, 2.24) is 9.55 Å². The van der Waals surface area contributed by atoms with E-state index in [4.69, 9.17) is 8.83 Å². The van der Waals surface area contributed by atoms with Crippen molar-refractivity contribution in [3.63, 3.8) is 0 Å². The van der Waals surface area contributed by atoms with Gasteiger partial charge in [0.1, 0.15) is 11.2 Å². The summed E-state index contributed by atoms with van der Waals surface area (Å²) in [6, 6.07) is 49.3. The van der Waals surface area contributed by atoms with Gasteiger partial charge in [0.15, 0.2) is 0 Å². The van der Waals surface area contributed by atoms with E-state index in [2.05, 4.69) is 188 Å². The average Bonchev–Trinajstić information content (AvgIpc) is 3.92. The Morgan fingerprint density at radius 1 is 0.510 bits per heavy atom. The summed E-state index contributed by atoms with van der Waals surface area (Å²) in [5.41, 5.74) is 6.91. The molecule has 256 valence electrons. The van der Waals surface area contributed by atoms with Crippen molar-refractivity contribution in [1.29, 1.82) is 0 Å². The molecule has 4 heterocycles. The second kappa shape index (κ2) is 17.8. The van der Waals surface area contributed by atoms with Crippen LogP contribution in [0.5, 0.6) is 0 Å². The lowest BCUT2D eigenvalue weighted by Crippen LogP contribution is -1.91. The molecule has 0 radical (unpaired) electrons. The van der Waals surface area contributed by atoms with E-state index in [0.717, 1.165) is 69.8 Å². The second-order valence-electron chi connectivity index (χ2n) is 11.0. The molecule has 9 heteroatoms. The molecule has 0 saturated carbocycles. The molecule has 10 rings (SSSR count). The minimum atomic E-state index is 0.841. The fourth-order valence-corrected chi connectivity index (χ4v) is 7.63. The maximum absolute atomic E-state index is 6.24. The molecule has 0 spiro atoms. The van der Waals surface area contributed by atoms with Crippen LogP contribution in [-0.2, 0) is 0 Å². The average molecular weight is 1140 g/mol. The number of nitrogens with zero attached hydrogens (tertiary/aromatic N) is 1. The number of aromatic nitrogens is 2. The predicted molar refractivity (Wildman–Crippen MR) is 251 cm³/mol. The lowest BCUT2D eigenvalue weighted by atomic mass is 10.1. The Morgan fingerprint density at radius 2 is 1.04 bits per heavy atom. The zero-order chi connectivity index (χ0) is 35.9. The molecule has 6 aromatic carbocycles. The number of alkyl halides is 2. The SMILES string of the molecule is Brc1cccc2oc3[nH]c4ccccc4c3c12.Brc1cccc2oc3c(c4ccccc4n3-c3ccccc3)c12.CI.CI.Ic1ccccc1. The van der Waals surface area contributed by atoms with Gasteiger partial charge in [-0.1, -0.05) is 162 Å². The smallest absolute Gasteiger partial charge is 0.213 e. The first-order valence-electron chi connectivity index (χ1n) is 15.8. The molecule has 0 fully saturated rings. The van der Waals surface area contributed by atoms with Gasteiger partial charge in [-0.25, -0.2) is 0 Å². The summed E-state index contributed by atoms with van der Waals surface area (Å²) >= 11 is 13.9. The van der Waals surface area contributed by atoms with Crippen molar-refractivity contribution >= 4 is 166 Å². The van der Waals surface area contributed by atoms with E-state index in [-0.39, 0.29) is 0 Å². The van der Waals surface area contributed by atoms with Gasteiger partial charge in [0.2, 0.25) is 11.4 Å². The Labute approximate surface area is 353 Å². The van der Waals surface area contributed by atoms with Crippen LogP contribution in [0.15, 0.2) is 163 Å². The maximum atomic E-state index is 6.24. The quantitative estimate of drug-likeness (QED) is 0.132. The number of rotatable bonds is 1. The summed E-state index contributed by atoms with van der Waals surface area (Å²) in [5.74, 6) is 0.